The molecule has 0 radical (unpaired) electrons. The molecule has 3 saturated carbocycles. The highest BCUT2D eigenvalue weighted by atomic mass is 16.3. The van der Waals surface area contributed by atoms with E-state index in [9.17, 15) is 5.11 Å². The summed E-state index contributed by atoms with van der Waals surface area (Å²) < 4.78 is 0. The van der Waals surface area contributed by atoms with Crippen molar-refractivity contribution in [2.24, 2.45) is 46.3 Å². The highest BCUT2D eigenvalue weighted by Gasteiger charge is 2.59. The Hall–Kier alpha value is -0.340. The Balaban J connectivity index is 1.36. The number of aliphatic hydroxyl groups is 1. The van der Waals surface area contributed by atoms with Gasteiger partial charge < -0.3 is 10.4 Å². The molecular weight excluding hydrogens is 354 g/mol. The lowest BCUT2D eigenvalue weighted by atomic mass is 9.47. The van der Waals surface area contributed by atoms with Gasteiger partial charge in [-0.1, -0.05) is 39.3 Å². The molecule has 5 rings (SSSR count). The largest absolute Gasteiger partial charge is 0.393 e. The molecule has 2 heteroatoms. The number of nitrogens with one attached hydrogen (secondary N) is 1. The fourth-order valence-corrected chi connectivity index (χ4v) is 9.30. The van der Waals surface area contributed by atoms with Crippen LogP contribution in [-0.4, -0.2) is 23.8 Å². The van der Waals surface area contributed by atoms with Crippen LogP contribution in [0, 0.1) is 46.3 Å². The van der Waals surface area contributed by atoms with Crippen LogP contribution in [0.4, 0.5) is 0 Å². The van der Waals surface area contributed by atoms with E-state index in [0.29, 0.717) is 10.8 Å². The minimum absolute atomic E-state index is 0.0813. The van der Waals surface area contributed by atoms with E-state index in [1.165, 1.54) is 57.9 Å². The molecule has 4 fully saturated rings. The summed E-state index contributed by atoms with van der Waals surface area (Å²) >= 11 is 0. The zero-order chi connectivity index (χ0) is 20.4. The zero-order valence-electron chi connectivity index (χ0n) is 19.4. The number of aliphatic hydroxyl groups excluding tert-OH is 1. The molecule has 0 bridgehead atoms. The summed E-state index contributed by atoms with van der Waals surface area (Å²) in [5.74, 6) is 5.29. The number of allylic oxidation sites excluding steroid dienone is 1. The van der Waals surface area contributed by atoms with E-state index in [-0.39, 0.29) is 6.10 Å². The second-order valence-corrected chi connectivity index (χ2v) is 12.4. The van der Waals surface area contributed by atoms with Gasteiger partial charge in [0, 0.05) is 6.04 Å². The predicted octanol–water partition coefficient (Wildman–Crippen LogP) is 5.95. The summed E-state index contributed by atoms with van der Waals surface area (Å²) in [5, 5.41) is 14.2. The Bertz CT molecular complexity index is 649. The van der Waals surface area contributed by atoms with Crippen molar-refractivity contribution in [3.8, 4) is 0 Å². The van der Waals surface area contributed by atoms with E-state index in [4.69, 9.17) is 0 Å². The lowest BCUT2D eigenvalue weighted by Gasteiger charge is -2.58. The molecule has 0 unspecified atom stereocenters. The third-order valence-corrected chi connectivity index (χ3v) is 11.1. The molecule has 4 aliphatic carbocycles. The summed E-state index contributed by atoms with van der Waals surface area (Å²) in [6.45, 7) is 11.5. The van der Waals surface area contributed by atoms with Gasteiger partial charge in [-0.25, -0.2) is 0 Å². The standard InChI is InChI=1S/C27H45NO/c1-17-5-10-25(28-16-17)18(2)22-8-9-23-21-7-6-19-15-20(29)11-13-26(19,3)24(21)12-14-27(22,23)4/h6,17-18,20-25,28-29H,5,7-16H2,1-4H3/t17-,18+,20+,21+,22+,23+,24-,25+,26+,27+/m1/s1. The van der Waals surface area contributed by atoms with Gasteiger partial charge >= 0.3 is 0 Å². The van der Waals surface area contributed by atoms with Crippen molar-refractivity contribution in [2.75, 3.05) is 6.54 Å². The van der Waals surface area contributed by atoms with Crippen molar-refractivity contribution in [3.63, 3.8) is 0 Å². The van der Waals surface area contributed by atoms with Gasteiger partial charge in [0.25, 0.3) is 0 Å². The predicted molar refractivity (Wildman–Crippen MR) is 121 cm³/mol. The molecular formula is C27H45NO. The molecule has 0 aromatic rings. The second kappa shape index (κ2) is 7.37. The van der Waals surface area contributed by atoms with Crippen LogP contribution >= 0.6 is 0 Å². The maximum Gasteiger partial charge on any atom is 0.0577 e. The van der Waals surface area contributed by atoms with Gasteiger partial charge in [-0.15, -0.1) is 0 Å². The maximum absolute atomic E-state index is 10.2. The van der Waals surface area contributed by atoms with E-state index < -0.39 is 0 Å². The molecule has 0 spiro atoms. The van der Waals surface area contributed by atoms with E-state index in [0.717, 1.165) is 54.4 Å². The van der Waals surface area contributed by atoms with Gasteiger partial charge in [-0.05, 0) is 117 Å². The third kappa shape index (κ3) is 3.18. The molecule has 29 heavy (non-hydrogen) atoms. The van der Waals surface area contributed by atoms with Gasteiger partial charge in [0.2, 0.25) is 0 Å². The fourth-order valence-electron chi connectivity index (χ4n) is 9.30. The first-order valence-corrected chi connectivity index (χ1v) is 12.9. The first kappa shape index (κ1) is 20.6. The summed E-state index contributed by atoms with van der Waals surface area (Å²) in [4.78, 5) is 0. The molecule has 0 aromatic heterocycles. The number of hydrogen-bond donors (Lipinski definition) is 2. The van der Waals surface area contributed by atoms with E-state index in [2.05, 4.69) is 39.1 Å². The molecule has 0 amide bonds. The summed E-state index contributed by atoms with van der Waals surface area (Å²) in [6.07, 6.45) is 15.6. The van der Waals surface area contributed by atoms with Crippen LogP contribution in [0.25, 0.3) is 0 Å². The molecule has 2 N–H and O–H groups in total. The highest BCUT2D eigenvalue weighted by Crippen LogP contribution is 2.67. The first-order valence-electron chi connectivity index (χ1n) is 12.9. The number of rotatable bonds is 2. The molecule has 0 aromatic carbocycles. The molecule has 1 heterocycles. The van der Waals surface area contributed by atoms with Crippen molar-refractivity contribution in [3.05, 3.63) is 11.6 Å². The summed E-state index contributed by atoms with van der Waals surface area (Å²) in [5.41, 5.74) is 2.56. The van der Waals surface area contributed by atoms with Crippen molar-refractivity contribution in [1.29, 1.82) is 0 Å². The van der Waals surface area contributed by atoms with Gasteiger partial charge in [0.1, 0.15) is 0 Å². The normalized spacial score (nSPS) is 53.4. The quantitative estimate of drug-likeness (QED) is 0.562. The van der Waals surface area contributed by atoms with Crippen molar-refractivity contribution in [1.82, 2.24) is 5.32 Å². The smallest absolute Gasteiger partial charge is 0.0577 e. The molecule has 1 aliphatic heterocycles. The molecule has 5 aliphatic rings. The first-order chi connectivity index (χ1) is 13.8. The van der Waals surface area contributed by atoms with Gasteiger partial charge in [0.15, 0.2) is 0 Å². The SMILES string of the molecule is C[C@@H]1CC[C@@H]([C@@H](C)[C@@H]2CC[C@H]3[C@@H]4CC=C5C[C@@H](O)CC[C@]5(C)[C@@H]4CC[C@@]23C)NC1. The highest BCUT2D eigenvalue weighted by molar-refractivity contribution is 5.25. The van der Waals surface area contributed by atoms with Crippen LogP contribution in [0.1, 0.15) is 91.9 Å². The van der Waals surface area contributed by atoms with Crippen molar-refractivity contribution < 1.29 is 5.11 Å². The Morgan fingerprint density at radius 3 is 2.62 bits per heavy atom. The summed E-state index contributed by atoms with van der Waals surface area (Å²) in [7, 11) is 0. The molecule has 10 atom stereocenters. The van der Waals surface area contributed by atoms with Crippen LogP contribution in [0.15, 0.2) is 11.6 Å². The maximum atomic E-state index is 10.2. The molecule has 1 saturated heterocycles. The van der Waals surface area contributed by atoms with Crippen LogP contribution in [0.2, 0.25) is 0 Å². The topological polar surface area (TPSA) is 32.3 Å². The number of piperidine rings is 1. The Kier molecular flexibility index (Phi) is 5.22. The zero-order valence-corrected chi connectivity index (χ0v) is 19.4. The monoisotopic (exact) mass is 399 g/mol. The van der Waals surface area contributed by atoms with Gasteiger partial charge in [0.05, 0.1) is 6.10 Å². The van der Waals surface area contributed by atoms with Crippen LogP contribution < -0.4 is 5.32 Å². The van der Waals surface area contributed by atoms with Gasteiger partial charge in [-0.2, -0.15) is 0 Å². The van der Waals surface area contributed by atoms with Crippen LogP contribution in [0.5, 0.6) is 0 Å². The lowest BCUT2D eigenvalue weighted by molar-refractivity contribution is -0.0598. The minimum atomic E-state index is -0.0813. The van der Waals surface area contributed by atoms with E-state index in [1.807, 2.05) is 0 Å². The third-order valence-electron chi connectivity index (χ3n) is 11.1. The van der Waals surface area contributed by atoms with Crippen LogP contribution in [0.3, 0.4) is 0 Å². The minimum Gasteiger partial charge on any atom is -0.393 e. The summed E-state index contributed by atoms with van der Waals surface area (Å²) in [6, 6.07) is 0.750. The van der Waals surface area contributed by atoms with E-state index in [1.54, 1.807) is 5.57 Å². The average Bonchev–Trinajstić information content (AvgIpc) is 3.06. The van der Waals surface area contributed by atoms with Gasteiger partial charge in [-0.3, -0.25) is 0 Å². The second-order valence-electron chi connectivity index (χ2n) is 12.4. The van der Waals surface area contributed by atoms with E-state index >= 15 is 0 Å². The van der Waals surface area contributed by atoms with Crippen molar-refractivity contribution in [2.45, 2.75) is 104 Å². The fraction of sp³-hybridized carbons (Fsp3) is 0.926. The van der Waals surface area contributed by atoms with Crippen molar-refractivity contribution >= 4 is 0 Å². The number of hydrogen-bond acceptors (Lipinski definition) is 2. The average molecular weight is 400 g/mol. The Morgan fingerprint density at radius 2 is 1.86 bits per heavy atom. The number of fused-ring (bicyclic) bond motifs is 5. The lowest BCUT2D eigenvalue weighted by Crippen LogP contribution is -2.52. The van der Waals surface area contributed by atoms with Crippen LogP contribution in [-0.2, 0) is 0 Å². The molecule has 164 valence electrons. The molecule has 2 nitrogen and oxygen atoms in total. The Labute approximate surface area is 179 Å². The Morgan fingerprint density at radius 1 is 1.03 bits per heavy atom.